The van der Waals surface area contributed by atoms with E-state index in [2.05, 4.69) is 19.2 Å². The highest BCUT2D eigenvalue weighted by Gasteiger charge is 2.06. The Morgan fingerprint density at radius 2 is 2.06 bits per heavy atom. The van der Waals surface area contributed by atoms with E-state index < -0.39 is 0 Å². The maximum absolute atomic E-state index is 11.5. The van der Waals surface area contributed by atoms with Gasteiger partial charge in [0.15, 0.2) is 0 Å². The highest BCUT2D eigenvalue weighted by atomic mass is 35.5. The lowest BCUT2D eigenvalue weighted by Gasteiger charge is -2.07. The van der Waals surface area contributed by atoms with E-state index in [-0.39, 0.29) is 5.24 Å². The van der Waals surface area contributed by atoms with Crippen LogP contribution >= 0.6 is 35.0 Å². The molecule has 0 aliphatic rings. The third kappa shape index (κ3) is 4.64. The molecule has 0 heterocycles. The number of hydrogen-bond donors (Lipinski definition) is 1. The first-order valence-corrected chi connectivity index (χ1v) is 6.62. The number of halogens is 2. The molecule has 0 saturated carbocycles. The van der Waals surface area contributed by atoms with Crippen molar-refractivity contribution in [2.45, 2.75) is 13.8 Å². The summed E-state index contributed by atoms with van der Waals surface area (Å²) in [5.74, 6) is 1.29. The summed E-state index contributed by atoms with van der Waals surface area (Å²) in [6.45, 7) is 4.14. The number of anilines is 1. The molecule has 2 nitrogen and oxygen atoms in total. The Balaban J connectivity index is 2.53. The van der Waals surface area contributed by atoms with E-state index in [1.807, 2.05) is 0 Å². The van der Waals surface area contributed by atoms with Crippen LogP contribution in [0.15, 0.2) is 18.2 Å². The molecule has 1 amide bonds. The van der Waals surface area contributed by atoms with Crippen molar-refractivity contribution in [3.8, 4) is 0 Å². The number of carbonyl (C=O) groups excluding carboxylic acids is 1. The van der Waals surface area contributed by atoms with Crippen molar-refractivity contribution in [2.75, 3.05) is 11.1 Å². The molecule has 5 heteroatoms. The van der Waals surface area contributed by atoms with Gasteiger partial charge in [0.1, 0.15) is 0 Å². The van der Waals surface area contributed by atoms with Gasteiger partial charge in [-0.2, -0.15) is 0 Å². The number of hydrogen-bond acceptors (Lipinski definition) is 2. The van der Waals surface area contributed by atoms with Crippen LogP contribution in [0.3, 0.4) is 0 Å². The maximum atomic E-state index is 11.5. The van der Waals surface area contributed by atoms with Crippen LogP contribution in [0.2, 0.25) is 10.0 Å². The van der Waals surface area contributed by atoms with Crippen LogP contribution in [0.25, 0.3) is 0 Å². The van der Waals surface area contributed by atoms with E-state index in [0.29, 0.717) is 21.7 Å². The Morgan fingerprint density at radius 3 is 2.62 bits per heavy atom. The first-order chi connectivity index (χ1) is 7.49. The zero-order valence-electron chi connectivity index (χ0n) is 9.09. The van der Waals surface area contributed by atoms with Gasteiger partial charge in [-0.3, -0.25) is 4.79 Å². The second-order valence-corrected chi connectivity index (χ2v) is 5.55. The lowest BCUT2D eigenvalue weighted by Crippen LogP contribution is -2.07. The van der Waals surface area contributed by atoms with Gasteiger partial charge in [0, 0.05) is 11.4 Å². The average molecular weight is 278 g/mol. The molecule has 1 N–H and O–H groups in total. The minimum atomic E-state index is -0.0768. The second kappa shape index (κ2) is 6.38. The van der Waals surface area contributed by atoms with Crippen molar-refractivity contribution in [2.24, 2.45) is 5.92 Å². The summed E-state index contributed by atoms with van der Waals surface area (Å²) in [5, 5.41) is 3.59. The molecule has 0 unspecified atom stereocenters. The fourth-order valence-electron chi connectivity index (χ4n) is 0.970. The van der Waals surface area contributed by atoms with E-state index in [1.165, 1.54) is 11.8 Å². The first-order valence-electron chi connectivity index (χ1n) is 4.88. The van der Waals surface area contributed by atoms with Crippen LogP contribution in [0.1, 0.15) is 13.8 Å². The number of thioether (sulfide) groups is 1. The number of amides is 1. The predicted octanol–water partition coefficient (Wildman–Crippen LogP) is 4.91. The molecule has 0 aliphatic heterocycles. The van der Waals surface area contributed by atoms with Gasteiger partial charge in [-0.1, -0.05) is 48.8 Å². The fourth-order valence-corrected chi connectivity index (χ4v) is 1.94. The molecule has 0 saturated heterocycles. The minimum absolute atomic E-state index is 0.0768. The molecule has 0 spiro atoms. The van der Waals surface area contributed by atoms with Crippen molar-refractivity contribution in [3.63, 3.8) is 0 Å². The monoisotopic (exact) mass is 277 g/mol. The van der Waals surface area contributed by atoms with E-state index >= 15 is 0 Å². The lowest BCUT2D eigenvalue weighted by atomic mass is 10.3. The van der Waals surface area contributed by atoms with Gasteiger partial charge in [-0.05, 0) is 24.1 Å². The van der Waals surface area contributed by atoms with Crippen LogP contribution in [0.4, 0.5) is 10.5 Å². The van der Waals surface area contributed by atoms with Gasteiger partial charge in [-0.15, -0.1) is 0 Å². The highest BCUT2D eigenvalue weighted by molar-refractivity contribution is 8.13. The standard InChI is InChI=1S/C11H13Cl2NOS/c1-7(2)6-16-11(15)14-8-3-4-9(12)10(13)5-8/h3-5,7H,6H2,1-2H3,(H,14,15). The molecule has 0 atom stereocenters. The van der Waals surface area contributed by atoms with Crippen molar-refractivity contribution in [1.82, 2.24) is 0 Å². The van der Waals surface area contributed by atoms with Crippen LogP contribution < -0.4 is 5.32 Å². The van der Waals surface area contributed by atoms with E-state index in [4.69, 9.17) is 23.2 Å². The van der Waals surface area contributed by atoms with Gasteiger partial charge < -0.3 is 5.32 Å². The third-order valence-corrected chi connectivity index (χ3v) is 3.65. The fraction of sp³-hybridized carbons (Fsp3) is 0.364. The van der Waals surface area contributed by atoms with Gasteiger partial charge in [-0.25, -0.2) is 0 Å². The normalized spacial score (nSPS) is 10.6. The third-order valence-electron chi connectivity index (χ3n) is 1.71. The number of carbonyl (C=O) groups is 1. The molecule has 88 valence electrons. The smallest absolute Gasteiger partial charge is 0.283 e. The van der Waals surface area contributed by atoms with Crippen LogP contribution in [-0.4, -0.2) is 11.0 Å². The van der Waals surface area contributed by atoms with Crippen molar-refractivity contribution in [3.05, 3.63) is 28.2 Å². The molecule has 0 radical (unpaired) electrons. The molecular weight excluding hydrogens is 265 g/mol. The first kappa shape index (κ1) is 13.7. The van der Waals surface area contributed by atoms with E-state index in [0.717, 1.165) is 5.75 Å². The van der Waals surface area contributed by atoms with Gasteiger partial charge in [0.05, 0.1) is 10.0 Å². The molecular formula is C11H13Cl2NOS. The van der Waals surface area contributed by atoms with E-state index in [9.17, 15) is 4.79 Å². The molecule has 0 aromatic heterocycles. The summed E-state index contributed by atoms with van der Waals surface area (Å²) in [7, 11) is 0. The number of benzene rings is 1. The molecule has 0 bridgehead atoms. The highest BCUT2D eigenvalue weighted by Crippen LogP contribution is 2.25. The summed E-state index contributed by atoms with van der Waals surface area (Å²) in [4.78, 5) is 11.5. The summed E-state index contributed by atoms with van der Waals surface area (Å²) in [6, 6.07) is 5.02. The quantitative estimate of drug-likeness (QED) is 0.850. The summed E-state index contributed by atoms with van der Waals surface area (Å²) < 4.78 is 0. The molecule has 1 rings (SSSR count). The van der Waals surface area contributed by atoms with Gasteiger partial charge >= 0.3 is 0 Å². The van der Waals surface area contributed by atoms with Gasteiger partial charge in [0.25, 0.3) is 5.24 Å². The number of rotatable bonds is 3. The Bertz CT molecular complexity index is 382. The second-order valence-electron chi connectivity index (χ2n) is 3.75. The molecule has 0 aliphatic carbocycles. The summed E-state index contributed by atoms with van der Waals surface area (Å²) in [6.07, 6.45) is 0. The van der Waals surface area contributed by atoms with Crippen molar-refractivity contribution >= 4 is 45.9 Å². The van der Waals surface area contributed by atoms with Crippen molar-refractivity contribution < 1.29 is 4.79 Å². The van der Waals surface area contributed by atoms with E-state index in [1.54, 1.807) is 18.2 Å². The van der Waals surface area contributed by atoms with Crippen LogP contribution in [0, 0.1) is 5.92 Å². The molecule has 1 aromatic carbocycles. The Labute approximate surface area is 110 Å². The largest absolute Gasteiger partial charge is 0.317 e. The SMILES string of the molecule is CC(C)CSC(=O)Nc1ccc(Cl)c(Cl)c1. The topological polar surface area (TPSA) is 29.1 Å². The maximum Gasteiger partial charge on any atom is 0.283 e. The zero-order valence-corrected chi connectivity index (χ0v) is 11.4. The van der Waals surface area contributed by atoms with Crippen LogP contribution in [0.5, 0.6) is 0 Å². The Kier molecular flexibility index (Phi) is 5.46. The minimum Gasteiger partial charge on any atom is -0.317 e. The Hall–Kier alpha value is -0.380. The summed E-state index contributed by atoms with van der Waals surface area (Å²) in [5.41, 5.74) is 0.663. The predicted molar refractivity (Wildman–Crippen MR) is 72.8 cm³/mol. The molecule has 16 heavy (non-hydrogen) atoms. The van der Waals surface area contributed by atoms with Crippen LogP contribution in [-0.2, 0) is 0 Å². The lowest BCUT2D eigenvalue weighted by molar-refractivity contribution is 0.269. The molecule has 1 aromatic rings. The van der Waals surface area contributed by atoms with Crippen molar-refractivity contribution in [1.29, 1.82) is 0 Å². The van der Waals surface area contributed by atoms with Gasteiger partial charge in [0.2, 0.25) is 0 Å². The summed E-state index contributed by atoms with van der Waals surface area (Å²) >= 11 is 12.9. The Morgan fingerprint density at radius 1 is 1.38 bits per heavy atom. The molecule has 0 fully saturated rings. The zero-order chi connectivity index (χ0) is 12.1. The average Bonchev–Trinajstić information content (AvgIpc) is 2.21. The number of nitrogens with one attached hydrogen (secondary N) is 1.